The highest BCUT2D eigenvalue weighted by atomic mass is 16.6. The van der Waals surface area contributed by atoms with Crippen LogP contribution in [0.25, 0.3) is 0 Å². The molecule has 0 bridgehead atoms. The first-order valence-electron chi connectivity index (χ1n) is 14.9. The molecule has 0 aliphatic carbocycles. The third-order valence-corrected chi connectivity index (χ3v) is 7.74. The van der Waals surface area contributed by atoms with E-state index in [4.69, 9.17) is 19.9 Å². The van der Waals surface area contributed by atoms with Gasteiger partial charge in [-0.2, -0.15) is 5.26 Å². The number of nitrogens with two attached hydrogens (primary N) is 1. The van der Waals surface area contributed by atoms with Gasteiger partial charge in [0.15, 0.2) is 0 Å². The smallest absolute Gasteiger partial charge is 0.410 e. The van der Waals surface area contributed by atoms with E-state index in [1.165, 1.54) is 19.1 Å². The van der Waals surface area contributed by atoms with E-state index in [0.717, 1.165) is 24.9 Å². The highest BCUT2D eigenvalue weighted by Gasteiger charge is 2.43. The van der Waals surface area contributed by atoms with Gasteiger partial charge in [-0.25, -0.2) is 14.4 Å². The number of nitrogens with zero attached hydrogens (tertiary/aromatic N) is 3. The predicted molar refractivity (Wildman–Crippen MR) is 168 cm³/mol. The van der Waals surface area contributed by atoms with Crippen molar-refractivity contribution in [3.8, 4) is 6.07 Å². The van der Waals surface area contributed by atoms with Gasteiger partial charge in [-0.1, -0.05) is 42.5 Å². The second-order valence-electron chi connectivity index (χ2n) is 12.1. The molecule has 1 fully saturated rings. The Bertz CT molecular complexity index is 1500. The maximum absolute atomic E-state index is 13.3. The van der Waals surface area contributed by atoms with Crippen LogP contribution in [0.1, 0.15) is 50.7 Å². The van der Waals surface area contributed by atoms with Gasteiger partial charge in [0.05, 0.1) is 37.4 Å². The second kappa shape index (κ2) is 14.3. The number of benzene rings is 2. The molecule has 1 amide bonds. The van der Waals surface area contributed by atoms with Gasteiger partial charge < -0.3 is 30.2 Å². The normalized spacial score (nSPS) is 18.8. The molecule has 3 N–H and O–H groups in total. The molecule has 2 aromatic rings. The number of allylic oxidation sites excluding steroid dienone is 1. The Morgan fingerprint density at radius 1 is 1.02 bits per heavy atom. The summed E-state index contributed by atoms with van der Waals surface area (Å²) in [5.41, 5.74) is 8.04. The van der Waals surface area contributed by atoms with E-state index in [9.17, 15) is 19.6 Å². The van der Waals surface area contributed by atoms with E-state index >= 15 is 0 Å². The van der Waals surface area contributed by atoms with Gasteiger partial charge in [0, 0.05) is 25.3 Å². The lowest BCUT2D eigenvalue weighted by atomic mass is 9.81. The number of ether oxygens (including phenoxy) is 3. The number of methoxy groups -OCH3 is 2. The summed E-state index contributed by atoms with van der Waals surface area (Å²) in [6.45, 7) is 8.23. The van der Waals surface area contributed by atoms with Gasteiger partial charge in [-0.05, 0) is 69.3 Å². The summed E-state index contributed by atoms with van der Waals surface area (Å²) in [7, 11) is 2.43. The number of likely N-dealkylation sites (tertiary alicyclic amines) is 1. The minimum absolute atomic E-state index is 0.0112. The average Bonchev–Trinajstić information content (AvgIpc) is 3.03. The molecule has 0 spiro atoms. The van der Waals surface area contributed by atoms with Gasteiger partial charge in [-0.3, -0.25) is 4.90 Å². The summed E-state index contributed by atoms with van der Waals surface area (Å²) < 4.78 is 15.7. The maximum Gasteiger partial charge on any atom is 0.410 e. The molecule has 2 aliphatic heterocycles. The van der Waals surface area contributed by atoms with Crippen LogP contribution in [0, 0.1) is 17.2 Å². The number of rotatable bonds is 8. The molecule has 0 radical (unpaired) electrons. The third-order valence-electron chi connectivity index (χ3n) is 7.74. The molecule has 0 saturated carbocycles. The van der Waals surface area contributed by atoms with Gasteiger partial charge in [0.25, 0.3) is 0 Å². The first kappa shape index (κ1) is 33.1. The summed E-state index contributed by atoms with van der Waals surface area (Å²) in [4.78, 5) is 42.2. The molecular formula is C34H41N5O6. The van der Waals surface area contributed by atoms with Crippen LogP contribution in [0.5, 0.6) is 0 Å². The van der Waals surface area contributed by atoms with Crippen LogP contribution in [-0.4, -0.2) is 62.4 Å². The Morgan fingerprint density at radius 3 is 2.29 bits per heavy atom. The zero-order valence-corrected chi connectivity index (χ0v) is 26.5. The number of hydrogen-bond acceptors (Lipinski definition) is 10. The Labute approximate surface area is 264 Å². The topological polar surface area (TPSA) is 147 Å². The monoisotopic (exact) mass is 615 g/mol. The molecule has 2 aliphatic rings. The number of hydrogen-bond donors (Lipinski definition) is 2. The molecule has 0 aromatic heterocycles. The number of carbonyl (C=O) groups excluding carboxylic acids is 3. The van der Waals surface area contributed by atoms with E-state index in [1.807, 2.05) is 39.0 Å². The number of carbonyl (C=O) groups is 3. The number of piperidine rings is 1. The van der Waals surface area contributed by atoms with E-state index < -0.39 is 23.5 Å². The SMILES string of the molecule is COC(=O)C1=C(C(=O)OC)N(c2ccc(CNCC3CCCN(C(=O)OC(C)(C)C)C3)cc2)C(N)=C(C#N)C1c1ccccc1. The van der Waals surface area contributed by atoms with Gasteiger partial charge in [0.1, 0.15) is 17.1 Å². The minimum atomic E-state index is -0.927. The van der Waals surface area contributed by atoms with Crippen LogP contribution in [-0.2, 0) is 30.3 Å². The Kier molecular flexibility index (Phi) is 10.5. The highest BCUT2D eigenvalue weighted by molar-refractivity contribution is 6.06. The Morgan fingerprint density at radius 2 is 1.69 bits per heavy atom. The Hall–Kier alpha value is -4.82. The first-order chi connectivity index (χ1) is 21.5. The van der Waals surface area contributed by atoms with E-state index in [0.29, 0.717) is 36.8 Å². The van der Waals surface area contributed by atoms with Gasteiger partial charge in [-0.15, -0.1) is 0 Å². The van der Waals surface area contributed by atoms with E-state index in [2.05, 4.69) is 11.4 Å². The molecule has 2 unspecified atom stereocenters. The molecule has 1 saturated heterocycles. The number of esters is 2. The summed E-state index contributed by atoms with van der Waals surface area (Å²) in [5.74, 6) is -2.19. The van der Waals surface area contributed by atoms with Crippen LogP contribution in [0.15, 0.2) is 77.3 Å². The molecular weight excluding hydrogens is 574 g/mol. The van der Waals surface area contributed by atoms with E-state index in [-0.39, 0.29) is 28.8 Å². The molecule has 2 aromatic carbocycles. The first-order valence-corrected chi connectivity index (χ1v) is 14.9. The fraction of sp³-hybridized carbons (Fsp3) is 0.412. The van der Waals surface area contributed by atoms with Crippen LogP contribution >= 0.6 is 0 Å². The van der Waals surface area contributed by atoms with Crippen molar-refractivity contribution in [2.45, 2.75) is 51.7 Å². The molecule has 11 nitrogen and oxygen atoms in total. The van der Waals surface area contributed by atoms with Crippen molar-refractivity contribution in [1.29, 1.82) is 5.26 Å². The van der Waals surface area contributed by atoms with Crippen molar-refractivity contribution in [3.05, 3.63) is 88.4 Å². The minimum Gasteiger partial charge on any atom is -0.466 e. The van der Waals surface area contributed by atoms with Crippen LogP contribution < -0.4 is 16.0 Å². The zero-order chi connectivity index (χ0) is 32.7. The van der Waals surface area contributed by atoms with Crippen molar-refractivity contribution >= 4 is 23.7 Å². The lowest BCUT2D eigenvalue weighted by molar-refractivity contribution is -0.139. The highest BCUT2D eigenvalue weighted by Crippen LogP contribution is 2.43. The van der Waals surface area contributed by atoms with Crippen LogP contribution in [0.2, 0.25) is 0 Å². The molecule has 2 heterocycles. The largest absolute Gasteiger partial charge is 0.466 e. The molecule has 238 valence electrons. The van der Waals surface area contributed by atoms with Crippen LogP contribution in [0.3, 0.4) is 0 Å². The third kappa shape index (κ3) is 7.64. The summed E-state index contributed by atoms with van der Waals surface area (Å²) in [5, 5.41) is 13.7. The van der Waals surface area contributed by atoms with Gasteiger partial charge >= 0.3 is 18.0 Å². The van der Waals surface area contributed by atoms with Crippen LogP contribution in [0.4, 0.5) is 10.5 Å². The summed E-state index contributed by atoms with van der Waals surface area (Å²) >= 11 is 0. The number of amides is 1. The fourth-order valence-corrected chi connectivity index (χ4v) is 5.69. The lowest BCUT2D eigenvalue weighted by Gasteiger charge is -2.36. The molecule has 45 heavy (non-hydrogen) atoms. The standard InChI is InChI=1S/C34H41N5O6/c1-34(2,3)45-33(42)38-17-9-10-23(21-38)20-37-19-22-13-15-25(16-14-22)39-29(32(41)44-5)28(31(40)43-4)27(26(18-35)30(39)36)24-11-7-6-8-12-24/h6-8,11-16,23,27,37H,9-10,17,19-21,36H2,1-5H3. The number of nitrogens with one attached hydrogen (secondary N) is 1. The predicted octanol–water partition coefficient (Wildman–Crippen LogP) is 4.32. The van der Waals surface area contributed by atoms with E-state index in [1.54, 1.807) is 41.3 Å². The van der Waals surface area contributed by atoms with Crippen molar-refractivity contribution in [3.63, 3.8) is 0 Å². The number of anilines is 1. The summed E-state index contributed by atoms with van der Waals surface area (Å²) in [6, 6.07) is 18.3. The fourth-order valence-electron chi connectivity index (χ4n) is 5.69. The number of nitriles is 1. The maximum atomic E-state index is 13.3. The summed E-state index contributed by atoms with van der Waals surface area (Å²) in [6.07, 6.45) is 1.66. The average molecular weight is 616 g/mol. The Balaban J connectivity index is 1.55. The van der Waals surface area contributed by atoms with Crippen molar-refractivity contribution in [1.82, 2.24) is 10.2 Å². The van der Waals surface area contributed by atoms with Gasteiger partial charge in [0.2, 0.25) is 0 Å². The zero-order valence-electron chi connectivity index (χ0n) is 26.5. The molecule has 11 heteroatoms. The second-order valence-corrected chi connectivity index (χ2v) is 12.1. The molecule has 4 rings (SSSR count). The quantitative estimate of drug-likeness (QED) is 0.325. The molecule has 2 atom stereocenters. The van der Waals surface area contributed by atoms with Crippen molar-refractivity contribution < 1.29 is 28.6 Å². The lowest BCUT2D eigenvalue weighted by Crippen LogP contribution is -2.45. The van der Waals surface area contributed by atoms with Crippen molar-refractivity contribution in [2.75, 3.05) is 38.8 Å². The van der Waals surface area contributed by atoms with Crippen molar-refractivity contribution in [2.24, 2.45) is 11.7 Å².